The SMILES string of the molecule is Cc1ccc(O)c(C(=O)Nc2ccccc2CN(C)C)c1. The standard InChI is InChI=1S/C17H20N2O2/c1-12-8-9-16(20)14(10-12)17(21)18-15-7-5-4-6-13(15)11-19(2)3/h4-10,20H,11H2,1-3H3,(H,18,21). The Morgan fingerprint density at radius 2 is 1.90 bits per heavy atom. The molecule has 21 heavy (non-hydrogen) atoms. The van der Waals surface area contributed by atoms with Crippen molar-refractivity contribution in [2.45, 2.75) is 13.5 Å². The Bertz CT molecular complexity index is 651. The van der Waals surface area contributed by atoms with Gasteiger partial charge in [-0.2, -0.15) is 0 Å². The lowest BCUT2D eigenvalue weighted by atomic mass is 10.1. The second-order valence-electron chi connectivity index (χ2n) is 5.37. The summed E-state index contributed by atoms with van der Waals surface area (Å²) < 4.78 is 0. The molecule has 0 heterocycles. The number of aryl methyl sites for hydroxylation is 1. The van der Waals surface area contributed by atoms with Gasteiger partial charge in [0.15, 0.2) is 0 Å². The first kappa shape index (κ1) is 15.1. The number of aromatic hydroxyl groups is 1. The molecule has 0 atom stereocenters. The highest BCUT2D eigenvalue weighted by atomic mass is 16.3. The van der Waals surface area contributed by atoms with Crippen molar-refractivity contribution in [1.82, 2.24) is 4.90 Å². The van der Waals surface area contributed by atoms with E-state index in [1.807, 2.05) is 50.2 Å². The second kappa shape index (κ2) is 6.41. The molecule has 0 aliphatic heterocycles. The zero-order chi connectivity index (χ0) is 15.4. The maximum Gasteiger partial charge on any atom is 0.259 e. The lowest BCUT2D eigenvalue weighted by Crippen LogP contribution is -2.16. The molecule has 0 aliphatic carbocycles. The van der Waals surface area contributed by atoms with Gasteiger partial charge in [0.1, 0.15) is 5.75 Å². The maximum absolute atomic E-state index is 12.3. The van der Waals surface area contributed by atoms with Crippen molar-refractivity contribution in [3.8, 4) is 5.75 Å². The summed E-state index contributed by atoms with van der Waals surface area (Å²) in [6.45, 7) is 2.62. The molecule has 0 unspecified atom stereocenters. The lowest BCUT2D eigenvalue weighted by Gasteiger charge is -2.15. The van der Waals surface area contributed by atoms with Gasteiger partial charge in [-0.15, -0.1) is 0 Å². The smallest absolute Gasteiger partial charge is 0.259 e. The predicted molar refractivity (Wildman–Crippen MR) is 84.6 cm³/mol. The summed E-state index contributed by atoms with van der Waals surface area (Å²) in [6.07, 6.45) is 0. The number of phenols is 1. The molecule has 2 aromatic carbocycles. The number of nitrogens with one attached hydrogen (secondary N) is 1. The van der Waals surface area contributed by atoms with Crippen molar-refractivity contribution >= 4 is 11.6 Å². The molecule has 0 aromatic heterocycles. The number of phenolic OH excluding ortho intramolecular Hbond substituents is 1. The van der Waals surface area contributed by atoms with E-state index in [1.54, 1.807) is 12.1 Å². The minimum atomic E-state index is -0.303. The van der Waals surface area contributed by atoms with E-state index in [1.165, 1.54) is 6.07 Å². The van der Waals surface area contributed by atoms with Gasteiger partial charge in [0.05, 0.1) is 5.56 Å². The molecule has 4 heteroatoms. The van der Waals surface area contributed by atoms with E-state index in [4.69, 9.17) is 0 Å². The normalized spacial score (nSPS) is 10.7. The van der Waals surface area contributed by atoms with Gasteiger partial charge in [-0.3, -0.25) is 4.79 Å². The van der Waals surface area contributed by atoms with Crippen LogP contribution < -0.4 is 5.32 Å². The fraction of sp³-hybridized carbons (Fsp3) is 0.235. The first-order valence-electron chi connectivity index (χ1n) is 6.81. The maximum atomic E-state index is 12.3. The van der Waals surface area contributed by atoms with Gasteiger partial charge < -0.3 is 15.3 Å². The summed E-state index contributed by atoms with van der Waals surface area (Å²) in [6, 6.07) is 12.7. The average Bonchev–Trinajstić information content (AvgIpc) is 2.43. The molecule has 2 rings (SSSR count). The third kappa shape index (κ3) is 3.83. The number of benzene rings is 2. The number of amides is 1. The summed E-state index contributed by atoms with van der Waals surface area (Å²) in [5.41, 5.74) is 3.01. The molecule has 0 aliphatic rings. The molecule has 1 amide bonds. The zero-order valence-electron chi connectivity index (χ0n) is 12.6. The number of nitrogens with zero attached hydrogens (tertiary/aromatic N) is 1. The minimum Gasteiger partial charge on any atom is -0.507 e. The third-order valence-corrected chi connectivity index (χ3v) is 3.15. The van der Waals surface area contributed by atoms with E-state index in [-0.39, 0.29) is 17.2 Å². The highest BCUT2D eigenvalue weighted by molar-refractivity contribution is 6.06. The van der Waals surface area contributed by atoms with Crippen LogP contribution in [0.4, 0.5) is 5.69 Å². The number of hydrogen-bond acceptors (Lipinski definition) is 3. The molecule has 2 aromatic rings. The van der Waals surface area contributed by atoms with Crippen LogP contribution in [0.2, 0.25) is 0 Å². The lowest BCUT2D eigenvalue weighted by molar-refractivity contribution is 0.102. The van der Waals surface area contributed by atoms with Crippen molar-refractivity contribution in [1.29, 1.82) is 0 Å². The first-order chi connectivity index (χ1) is 9.97. The molecule has 4 nitrogen and oxygen atoms in total. The van der Waals surface area contributed by atoms with E-state index >= 15 is 0 Å². The summed E-state index contributed by atoms with van der Waals surface area (Å²) in [7, 11) is 3.95. The Morgan fingerprint density at radius 3 is 2.62 bits per heavy atom. The van der Waals surface area contributed by atoms with Gasteiger partial charge in [0.25, 0.3) is 5.91 Å². The minimum absolute atomic E-state index is 0.0109. The van der Waals surface area contributed by atoms with Crippen LogP contribution >= 0.6 is 0 Å². The van der Waals surface area contributed by atoms with Crippen LogP contribution in [0.15, 0.2) is 42.5 Å². The van der Waals surface area contributed by atoms with Crippen LogP contribution in [-0.2, 0) is 6.54 Å². The number of para-hydroxylation sites is 1. The molecule has 2 N–H and O–H groups in total. The van der Waals surface area contributed by atoms with Gasteiger partial charge in [-0.25, -0.2) is 0 Å². The van der Waals surface area contributed by atoms with Crippen LogP contribution in [0, 0.1) is 6.92 Å². The van der Waals surface area contributed by atoms with Crippen LogP contribution in [0.5, 0.6) is 5.75 Å². The van der Waals surface area contributed by atoms with Gasteiger partial charge in [-0.1, -0.05) is 29.8 Å². The molecule has 0 saturated carbocycles. The number of hydrogen-bond donors (Lipinski definition) is 2. The molecule has 0 radical (unpaired) electrons. The molecule has 0 bridgehead atoms. The van der Waals surface area contributed by atoms with Crippen LogP contribution in [0.25, 0.3) is 0 Å². The van der Waals surface area contributed by atoms with E-state index < -0.39 is 0 Å². The van der Waals surface area contributed by atoms with Crippen LogP contribution in [-0.4, -0.2) is 30.0 Å². The second-order valence-corrected chi connectivity index (χ2v) is 5.37. The molecular weight excluding hydrogens is 264 g/mol. The van der Waals surface area contributed by atoms with Crippen LogP contribution in [0.1, 0.15) is 21.5 Å². The Balaban J connectivity index is 2.25. The fourth-order valence-corrected chi connectivity index (χ4v) is 2.14. The Labute approximate surface area is 125 Å². The summed E-state index contributed by atoms with van der Waals surface area (Å²) in [5, 5.41) is 12.7. The predicted octanol–water partition coefficient (Wildman–Crippen LogP) is 3.01. The van der Waals surface area contributed by atoms with Crippen molar-refractivity contribution in [3.63, 3.8) is 0 Å². The highest BCUT2D eigenvalue weighted by Crippen LogP contribution is 2.22. The molecular formula is C17H20N2O2. The van der Waals surface area contributed by atoms with Gasteiger partial charge >= 0.3 is 0 Å². The van der Waals surface area contributed by atoms with E-state index in [9.17, 15) is 9.90 Å². The largest absolute Gasteiger partial charge is 0.507 e. The summed E-state index contributed by atoms with van der Waals surface area (Å²) >= 11 is 0. The van der Waals surface area contributed by atoms with Gasteiger partial charge in [0, 0.05) is 12.2 Å². The van der Waals surface area contributed by atoms with E-state index in [2.05, 4.69) is 5.32 Å². The number of carbonyl (C=O) groups is 1. The molecule has 0 fully saturated rings. The Morgan fingerprint density at radius 1 is 1.19 bits per heavy atom. The molecule has 0 spiro atoms. The van der Waals surface area contributed by atoms with Crippen molar-refractivity contribution in [2.24, 2.45) is 0 Å². The number of rotatable bonds is 4. The van der Waals surface area contributed by atoms with E-state index in [0.717, 1.165) is 23.4 Å². The molecule has 0 saturated heterocycles. The van der Waals surface area contributed by atoms with Gasteiger partial charge in [-0.05, 0) is 44.8 Å². The average molecular weight is 284 g/mol. The van der Waals surface area contributed by atoms with Crippen molar-refractivity contribution in [2.75, 3.05) is 19.4 Å². The molecule has 110 valence electrons. The van der Waals surface area contributed by atoms with Gasteiger partial charge in [0.2, 0.25) is 0 Å². The number of anilines is 1. The topological polar surface area (TPSA) is 52.6 Å². The van der Waals surface area contributed by atoms with Crippen molar-refractivity contribution < 1.29 is 9.90 Å². The van der Waals surface area contributed by atoms with Crippen molar-refractivity contribution in [3.05, 3.63) is 59.2 Å². The van der Waals surface area contributed by atoms with E-state index in [0.29, 0.717) is 0 Å². The highest BCUT2D eigenvalue weighted by Gasteiger charge is 2.13. The van der Waals surface area contributed by atoms with Crippen LogP contribution in [0.3, 0.4) is 0 Å². The summed E-state index contributed by atoms with van der Waals surface area (Å²) in [5.74, 6) is -0.314. The Kier molecular flexibility index (Phi) is 4.60. The number of carbonyl (C=O) groups excluding carboxylic acids is 1. The monoisotopic (exact) mass is 284 g/mol. The Hall–Kier alpha value is -2.33. The quantitative estimate of drug-likeness (QED) is 0.907. The zero-order valence-corrected chi connectivity index (χ0v) is 12.6. The third-order valence-electron chi connectivity index (χ3n) is 3.15. The first-order valence-corrected chi connectivity index (χ1v) is 6.81. The summed E-state index contributed by atoms with van der Waals surface area (Å²) in [4.78, 5) is 14.4. The fourth-order valence-electron chi connectivity index (χ4n) is 2.14.